The van der Waals surface area contributed by atoms with Gasteiger partial charge in [-0.25, -0.2) is 0 Å². The Kier molecular flexibility index (Phi) is 3.46. The lowest BCUT2D eigenvalue weighted by molar-refractivity contribution is 0.101. The van der Waals surface area contributed by atoms with Crippen molar-refractivity contribution in [1.29, 1.82) is 0 Å². The Bertz CT molecular complexity index is 342. The van der Waals surface area contributed by atoms with Crippen molar-refractivity contribution in [2.24, 2.45) is 7.05 Å². The van der Waals surface area contributed by atoms with E-state index >= 15 is 0 Å². The van der Waals surface area contributed by atoms with Crippen LogP contribution in [0.15, 0.2) is 12.3 Å². The molecule has 0 radical (unpaired) electrons. The van der Waals surface area contributed by atoms with Crippen molar-refractivity contribution in [2.45, 2.75) is 30.9 Å². The molecule has 0 amide bonds. The second-order valence-electron chi connectivity index (χ2n) is 4.02. The number of Topliss-reactive ketones (excluding diaryl/α,β-unsaturated/α-hetero) is 1. The van der Waals surface area contributed by atoms with E-state index in [0.29, 0.717) is 16.7 Å². The van der Waals surface area contributed by atoms with E-state index in [0.717, 1.165) is 0 Å². The summed E-state index contributed by atoms with van der Waals surface area (Å²) >= 11 is 1.80. The summed E-state index contributed by atoms with van der Waals surface area (Å²) in [4.78, 5) is 11.7. The first-order chi connectivity index (χ1) is 7.25. The molecular weight excluding hydrogens is 208 g/mol. The molecule has 0 aromatic carbocycles. The van der Waals surface area contributed by atoms with Gasteiger partial charge in [-0.1, -0.05) is 12.8 Å². The van der Waals surface area contributed by atoms with Gasteiger partial charge in [-0.05, 0) is 18.9 Å². The molecule has 1 aliphatic rings. The number of carbonyl (C=O) groups excluding carboxylic acids is 1. The topological polar surface area (TPSA) is 34.9 Å². The van der Waals surface area contributed by atoms with Crippen LogP contribution in [0.1, 0.15) is 36.2 Å². The van der Waals surface area contributed by atoms with Crippen LogP contribution in [0.2, 0.25) is 0 Å². The Morgan fingerprint density at radius 2 is 2.33 bits per heavy atom. The maximum absolute atomic E-state index is 11.7. The van der Waals surface area contributed by atoms with E-state index in [1.807, 2.05) is 13.2 Å². The summed E-state index contributed by atoms with van der Waals surface area (Å²) in [6, 6.07) is 1.79. The van der Waals surface area contributed by atoms with Crippen LogP contribution in [0.3, 0.4) is 0 Å². The molecule has 1 heterocycles. The summed E-state index contributed by atoms with van der Waals surface area (Å²) in [6.45, 7) is 0. The van der Waals surface area contributed by atoms with E-state index in [-0.39, 0.29) is 5.78 Å². The quantitative estimate of drug-likeness (QED) is 0.736. The number of nitrogens with zero attached hydrogens (tertiary/aromatic N) is 2. The predicted molar refractivity (Wildman–Crippen MR) is 62.3 cm³/mol. The summed E-state index contributed by atoms with van der Waals surface area (Å²) in [6.07, 6.45) is 7.03. The highest BCUT2D eigenvalue weighted by molar-refractivity contribution is 8.00. The van der Waals surface area contributed by atoms with E-state index in [9.17, 15) is 4.79 Å². The number of rotatable bonds is 4. The standard InChI is InChI=1S/C11H16N2OS/c1-13-7-6-10(12-13)11(14)8-15-9-4-2-3-5-9/h6-7,9H,2-5,8H2,1H3. The molecule has 0 atom stereocenters. The van der Waals surface area contributed by atoms with Crippen LogP contribution in [0.4, 0.5) is 0 Å². The highest BCUT2D eigenvalue weighted by Gasteiger charge is 2.17. The lowest BCUT2D eigenvalue weighted by atomic mass is 10.3. The molecule has 0 unspecified atom stereocenters. The van der Waals surface area contributed by atoms with E-state index in [4.69, 9.17) is 0 Å². The third-order valence-electron chi connectivity index (χ3n) is 2.75. The van der Waals surface area contributed by atoms with Crippen LogP contribution >= 0.6 is 11.8 Å². The number of aromatic nitrogens is 2. The zero-order valence-electron chi connectivity index (χ0n) is 8.98. The van der Waals surface area contributed by atoms with Gasteiger partial charge in [0, 0.05) is 18.5 Å². The maximum atomic E-state index is 11.7. The Balaban J connectivity index is 1.81. The van der Waals surface area contributed by atoms with Crippen molar-refractivity contribution in [1.82, 2.24) is 9.78 Å². The van der Waals surface area contributed by atoms with Gasteiger partial charge in [0.15, 0.2) is 5.78 Å². The van der Waals surface area contributed by atoms with Crippen molar-refractivity contribution in [3.05, 3.63) is 18.0 Å². The van der Waals surface area contributed by atoms with E-state index in [2.05, 4.69) is 5.10 Å². The molecule has 4 heteroatoms. The minimum atomic E-state index is 0.160. The first kappa shape index (κ1) is 10.7. The van der Waals surface area contributed by atoms with Crippen LogP contribution < -0.4 is 0 Å². The average Bonchev–Trinajstić information content (AvgIpc) is 2.84. The lowest BCUT2D eigenvalue weighted by Crippen LogP contribution is -2.07. The number of thioether (sulfide) groups is 1. The summed E-state index contributed by atoms with van der Waals surface area (Å²) in [5.41, 5.74) is 0.600. The monoisotopic (exact) mass is 224 g/mol. The van der Waals surface area contributed by atoms with Crippen LogP contribution in [-0.4, -0.2) is 26.6 Å². The summed E-state index contributed by atoms with van der Waals surface area (Å²) in [5, 5.41) is 4.82. The molecule has 0 spiro atoms. The smallest absolute Gasteiger partial charge is 0.192 e. The largest absolute Gasteiger partial charge is 0.291 e. The minimum Gasteiger partial charge on any atom is -0.291 e. The molecule has 15 heavy (non-hydrogen) atoms. The molecule has 1 aromatic rings. The molecule has 1 aromatic heterocycles. The van der Waals surface area contributed by atoms with Crippen LogP contribution in [0.25, 0.3) is 0 Å². The Morgan fingerprint density at radius 1 is 1.60 bits per heavy atom. The van der Waals surface area contributed by atoms with Gasteiger partial charge in [0.1, 0.15) is 5.69 Å². The molecule has 0 aliphatic heterocycles. The predicted octanol–water partition coefficient (Wildman–Crippen LogP) is 2.28. The van der Waals surface area contributed by atoms with Crippen molar-refractivity contribution >= 4 is 17.5 Å². The SMILES string of the molecule is Cn1ccc(C(=O)CSC2CCCC2)n1. The Morgan fingerprint density at radius 3 is 2.93 bits per heavy atom. The van der Waals surface area contributed by atoms with Crippen LogP contribution in [0.5, 0.6) is 0 Å². The van der Waals surface area contributed by atoms with Crippen molar-refractivity contribution in [2.75, 3.05) is 5.75 Å². The van der Waals surface area contributed by atoms with Gasteiger partial charge in [-0.15, -0.1) is 0 Å². The second kappa shape index (κ2) is 4.84. The number of hydrogen-bond donors (Lipinski definition) is 0. The molecular formula is C11H16N2OS. The molecule has 1 fully saturated rings. The number of hydrogen-bond acceptors (Lipinski definition) is 3. The van der Waals surface area contributed by atoms with Crippen molar-refractivity contribution < 1.29 is 4.79 Å². The molecule has 1 saturated carbocycles. The highest BCUT2D eigenvalue weighted by Crippen LogP contribution is 2.29. The zero-order chi connectivity index (χ0) is 10.7. The van der Waals surface area contributed by atoms with E-state index in [1.165, 1.54) is 25.7 Å². The molecule has 82 valence electrons. The van der Waals surface area contributed by atoms with Gasteiger partial charge >= 0.3 is 0 Å². The van der Waals surface area contributed by atoms with Crippen molar-refractivity contribution in [3.8, 4) is 0 Å². The van der Waals surface area contributed by atoms with E-state index in [1.54, 1.807) is 22.5 Å². The first-order valence-corrected chi connectivity index (χ1v) is 6.45. The number of aryl methyl sites for hydroxylation is 1. The van der Waals surface area contributed by atoms with Gasteiger partial charge in [-0.3, -0.25) is 9.48 Å². The Hall–Kier alpha value is -0.770. The number of carbonyl (C=O) groups is 1. The normalized spacial score (nSPS) is 17.1. The number of ketones is 1. The fraction of sp³-hybridized carbons (Fsp3) is 0.636. The summed E-state index contributed by atoms with van der Waals surface area (Å²) < 4.78 is 1.67. The average molecular weight is 224 g/mol. The van der Waals surface area contributed by atoms with Crippen molar-refractivity contribution in [3.63, 3.8) is 0 Å². The van der Waals surface area contributed by atoms with Gasteiger partial charge in [-0.2, -0.15) is 16.9 Å². The van der Waals surface area contributed by atoms with Gasteiger partial charge < -0.3 is 0 Å². The van der Waals surface area contributed by atoms with Crippen LogP contribution in [-0.2, 0) is 7.05 Å². The second-order valence-corrected chi connectivity index (χ2v) is 5.30. The fourth-order valence-corrected chi connectivity index (χ4v) is 3.09. The molecule has 0 N–H and O–H groups in total. The molecule has 1 aliphatic carbocycles. The third kappa shape index (κ3) is 2.84. The Labute approximate surface area is 94.2 Å². The zero-order valence-corrected chi connectivity index (χ0v) is 9.80. The summed E-state index contributed by atoms with van der Waals surface area (Å²) in [5.74, 6) is 0.745. The molecule has 2 rings (SSSR count). The summed E-state index contributed by atoms with van der Waals surface area (Å²) in [7, 11) is 1.83. The molecule has 0 bridgehead atoms. The third-order valence-corrected chi connectivity index (χ3v) is 4.12. The van der Waals surface area contributed by atoms with Gasteiger partial charge in [0.05, 0.1) is 5.75 Å². The highest BCUT2D eigenvalue weighted by atomic mass is 32.2. The molecule has 0 saturated heterocycles. The van der Waals surface area contributed by atoms with E-state index < -0.39 is 0 Å². The molecule has 3 nitrogen and oxygen atoms in total. The van der Waals surface area contributed by atoms with Crippen LogP contribution in [0, 0.1) is 0 Å². The maximum Gasteiger partial charge on any atom is 0.192 e. The first-order valence-electron chi connectivity index (χ1n) is 5.40. The van der Waals surface area contributed by atoms with Gasteiger partial charge in [0.2, 0.25) is 0 Å². The lowest BCUT2D eigenvalue weighted by Gasteiger charge is -2.06. The minimum absolute atomic E-state index is 0.160. The van der Waals surface area contributed by atoms with Gasteiger partial charge in [0.25, 0.3) is 0 Å². The fourth-order valence-electron chi connectivity index (χ4n) is 1.89.